The average molecular weight is 270 g/mol. The maximum absolute atomic E-state index is 9.55. The largest absolute Gasteiger partial charge is 0.504 e. The average Bonchev–Trinajstić information content (AvgIpc) is 2.31. The molecule has 0 aromatic heterocycles. The number of nitrogens with two attached hydrogens (primary N) is 1. The molecule has 0 spiro atoms. The molecule has 0 radical (unpaired) electrons. The van der Waals surface area contributed by atoms with Crippen LogP contribution in [0.25, 0.3) is 0 Å². The Balaban J connectivity index is 3.10. The zero-order chi connectivity index (χ0) is 13.7. The molecule has 18 heavy (non-hydrogen) atoms. The van der Waals surface area contributed by atoms with E-state index in [0.717, 1.165) is 5.56 Å². The number of rotatable bonds is 6. The second-order valence-electron chi connectivity index (χ2n) is 3.94. The third kappa shape index (κ3) is 3.32. The van der Waals surface area contributed by atoms with Gasteiger partial charge in [0.05, 0.1) is 24.7 Å². The van der Waals surface area contributed by atoms with E-state index >= 15 is 0 Å². The van der Waals surface area contributed by atoms with Crippen molar-refractivity contribution in [1.29, 1.82) is 0 Å². The van der Waals surface area contributed by atoms with Gasteiger partial charge in [0.1, 0.15) is 0 Å². The van der Waals surface area contributed by atoms with Gasteiger partial charge in [0.15, 0.2) is 11.5 Å². The molecule has 0 saturated carbocycles. The highest BCUT2D eigenvalue weighted by Gasteiger charge is 2.20. The van der Waals surface area contributed by atoms with Crippen LogP contribution in [0.15, 0.2) is 18.2 Å². The van der Waals surface area contributed by atoms with Gasteiger partial charge in [-0.2, -0.15) is 0 Å². The van der Waals surface area contributed by atoms with Crippen molar-refractivity contribution < 1.29 is 14.9 Å². The van der Waals surface area contributed by atoms with E-state index in [1.54, 1.807) is 12.1 Å². The molecule has 0 aliphatic carbocycles. The lowest BCUT2D eigenvalue weighted by molar-refractivity contribution is 0.207. The topological polar surface area (TPSA) is 79.0 Å². The first-order chi connectivity index (χ1) is 8.51. The molecule has 1 aromatic carbocycles. The molecule has 1 unspecified atom stereocenters. The van der Waals surface area contributed by atoms with Crippen LogP contribution in [0, 0.1) is 0 Å². The van der Waals surface area contributed by atoms with Gasteiger partial charge in [0, 0.05) is 6.54 Å². The van der Waals surface area contributed by atoms with Crippen molar-refractivity contribution in [3.8, 4) is 11.5 Å². The van der Waals surface area contributed by atoms with Crippen LogP contribution in [0.2, 0.25) is 0 Å². The molecule has 1 rings (SSSR count). The highest BCUT2D eigenvalue weighted by Crippen LogP contribution is 2.30. The quantitative estimate of drug-likeness (QED) is 0.659. The summed E-state index contributed by atoms with van der Waals surface area (Å²) in [6.45, 7) is 0.468. The number of hydrogen-bond acceptors (Lipinski definition) is 5. The number of nitrogens with zero attached hydrogens (tertiary/aromatic N) is 1. The Morgan fingerprint density at radius 2 is 2.22 bits per heavy atom. The number of hydrogen-bond donors (Lipinski definition) is 3. The predicted molar refractivity (Wildman–Crippen MR) is 73.9 cm³/mol. The van der Waals surface area contributed by atoms with E-state index in [9.17, 15) is 5.11 Å². The van der Waals surface area contributed by atoms with Gasteiger partial charge in [-0.05, 0) is 24.7 Å². The zero-order valence-electron chi connectivity index (χ0n) is 10.5. The van der Waals surface area contributed by atoms with E-state index in [1.165, 1.54) is 13.2 Å². The van der Waals surface area contributed by atoms with E-state index in [-0.39, 0.29) is 18.4 Å². The SMILES string of the molecule is COc1cc(C(C(N)=S)N(C)CCO)ccc1O. The second-order valence-corrected chi connectivity index (χ2v) is 4.41. The van der Waals surface area contributed by atoms with Gasteiger partial charge >= 0.3 is 0 Å². The molecule has 6 heteroatoms. The predicted octanol–water partition coefficient (Wildman–Crippen LogP) is 0.652. The molecule has 5 nitrogen and oxygen atoms in total. The number of benzene rings is 1. The Morgan fingerprint density at radius 1 is 1.56 bits per heavy atom. The van der Waals surface area contributed by atoms with Crippen molar-refractivity contribution in [3.63, 3.8) is 0 Å². The highest BCUT2D eigenvalue weighted by molar-refractivity contribution is 7.80. The molecule has 0 fully saturated rings. The fraction of sp³-hybridized carbons (Fsp3) is 0.417. The minimum atomic E-state index is -0.304. The monoisotopic (exact) mass is 270 g/mol. The summed E-state index contributed by atoms with van der Waals surface area (Å²) < 4.78 is 5.05. The molecule has 0 saturated heterocycles. The van der Waals surface area contributed by atoms with Crippen LogP contribution in [0.5, 0.6) is 11.5 Å². The lowest BCUT2D eigenvalue weighted by Crippen LogP contribution is -2.35. The van der Waals surface area contributed by atoms with Gasteiger partial charge in [-0.3, -0.25) is 4.90 Å². The number of aromatic hydroxyl groups is 1. The van der Waals surface area contributed by atoms with E-state index in [4.69, 9.17) is 27.8 Å². The van der Waals surface area contributed by atoms with E-state index in [0.29, 0.717) is 17.3 Å². The van der Waals surface area contributed by atoms with Gasteiger partial charge in [0.25, 0.3) is 0 Å². The van der Waals surface area contributed by atoms with Crippen molar-refractivity contribution in [2.75, 3.05) is 27.3 Å². The summed E-state index contributed by atoms with van der Waals surface area (Å²) in [5, 5.41) is 18.5. The Labute approximate surface area is 112 Å². The lowest BCUT2D eigenvalue weighted by atomic mass is 10.0. The van der Waals surface area contributed by atoms with Crippen LogP contribution in [-0.2, 0) is 0 Å². The van der Waals surface area contributed by atoms with Crippen molar-refractivity contribution in [2.45, 2.75) is 6.04 Å². The van der Waals surface area contributed by atoms with E-state index < -0.39 is 0 Å². The number of ether oxygens (including phenoxy) is 1. The van der Waals surface area contributed by atoms with Gasteiger partial charge in [-0.1, -0.05) is 18.3 Å². The first-order valence-corrected chi connectivity index (χ1v) is 5.89. The summed E-state index contributed by atoms with van der Waals surface area (Å²) in [6.07, 6.45) is 0. The maximum atomic E-state index is 9.55. The van der Waals surface area contributed by atoms with Crippen LogP contribution in [0.1, 0.15) is 11.6 Å². The van der Waals surface area contributed by atoms with Crippen LogP contribution in [-0.4, -0.2) is 47.4 Å². The third-order valence-corrected chi connectivity index (χ3v) is 2.91. The van der Waals surface area contributed by atoms with E-state index in [1.807, 2.05) is 11.9 Å². The molecule has 1 atom stereocenters. The molecule has 0 aliphatic rings. The first-order valence-electron chi connectivity index (χ1n) is 5.48. The number of likely N-dealkylation sites (N-methyl/N-ethyl adjacent to an activating group) is 1. The molecule has 1 aromatic rings. The van der Waals surface area contributed by atoms with E-state index in [2.05, 4.69) is 0 Å². The summed E-state index contributed by atoms with van der Waals surface area (Å²) in [5.41, 5.74) is 6.55. The standard InChI is InChI=1S/C12H18N2O3S/c1-14(5-6-15)11(12(13)18)8-3-4-9(16)10(7-8)17-2/h3-4,7,11,15-16H,5-6H2,1-2H3,(H2,13,18). The van der Waals surface area contributed by atoms with Crippen LogP contribution in [0.4, 0.5) is 0 Å². The van der Waals surface area contributed by atoms with Crippen LogP contribution in [0.3, 0.4) is 0 Å². The molecule has 0 heterocycles. The summed E-state index contributed by atoms with van der Waals surface area (Å²) in [5.74, 6) is 0.430. The van der Waals surface area contributed by atoms with Gasteiger partial charge < -0.3 is 20.7 Å². The fourth-order valence-corrected chi connectivity index (χ4v) is 2.10. The highest BCUT2D eigenvalue weighted by atomic mass is 32.1. The summed E-state index contributed by atoms with van der Waals surface area (Å²) in [4.78, 5) is 2.15. The second kappa shape index (κ2) is 6.53. The van der Waals surface area contributed by atoms with Gasteiger partial charge in [-0.25, -0.2) is 0 Å². The molecule has 100 valence electrons. The minimum Gasteiger partial charge on any atom is -0.504 e. The zero-order valence-corrected chi connectivity index (χ0v) is 11.3. The maximum Gasteiger partial charge on any atom is 0.160 e. The fourth-order valence-electron chi connectivity index (χ4n) is 1.79. The van der Waals surface area contributed by atoms with Gasteiger partial charge in [-0.15, -0.1) is 0 Å². The number of aliphatic hydroxyl groups excluding tert-OH is 1. The minimum absolute atomic E-state index is 0.0187. The molecule has 4 N–H and O–H groups in total. The van der Waals surface area contributed by atoms with Crippen LogP contribution < -0.4 is 10.5 Å². The molecular weight excluding hydrogens is 252 g/mol. The van der Waals surface area contributed by atoms with Gasteiger partial charge in [0.2, 0.25) is 0 Å². The number of aliphatic hydroxyl groups is 1. The number of phenols is 1. The number of methoxy groups -OCH3 is 1. The Kier molecular flexibility index (Phi) is 5.33. The molecular formula is C12H18N2O3S. The molecule has 0 amide bonds. The molecule has 0 aliphatic heterocycles. The first kappa shape index (κ1) is 14.7. The van der Waals surface area contributed by atoms with Crippen LogP contribution >= 0.6 is 12.2 Å². The van der Waals surface area contributed by atoms with Crippen molar-refractivity contribution in [1.82, 2.24) is 4.90 Å². The number of thiocarbonyl (C=S) groups is 1. The summed E-state index contributed by atoms with van der Waals surface area (Å²) in [6, 6.07) is 4.65. The smallest absolute Gasteiger partial charge is 0.160 e. The van der Waals surface area contributed by atoms with Crippen molar-refractivity contribution >= 4 is 17.2 Å². The lowest BCUT2D eigenvalue weighted by Gasteiger charge is -2.27. The van der Waals surface area contributed by atoms with Crippen molar-refractivity contribution in [2.24, 2.45) is 5.73 Å². The third-order valence-electron chi connectivity index (χ3n) is 2.68. The normalized spacial score (nSPS) is 12.4. The Bertz CT molecular complexity index is 426. The molecule has 0 bridgehead atoms. The van der Waals surface area contributed by atoms with Crippen molar-refractivity contribution in [3.05, 3.63) is 23.8 Å². The Hall–Kier alpha value is -1.37. The summed E-state index contributed by atoms with van der Waals surface area (Å²) in [7, 11) is 3.30. The number of phenolic OH excluding ortho intramolecular Hbond substituents is 1. The summed E-state index contributed by atoms with van der Waals surface area (Å²) >= 11 is 5.05. The Morgan fingerprint density at radius 3 is 2.72 bits per heavy atom.